The second-order valence-corrected chi connectivity index (χ2v) is 5.89. The molecule has 0 fully saturated rings. The summed E-state index contributed by atoms with van der Waals surface area (Å²) in [5.74, 6) is 5.74. The van der Waals surface area contributed by atoms with Crippen LogP contribution in [-0.2, 0) is 6.42 Å². The van der Waals surface area contributed by atoms with Crippen LogP contribution in [0.25, 0.3) is 0 Å². The summed E-state index contributed by atoms with van der Waals surface area (Å²) in [6.07, 6.45) is 0.933. The number of benzene rings is 1. The van der Waals surface area contributed by atoms with Crippen molar-refractivity contribution in [2.24, 2.45) is 5.84 Å². The van der Waals surface area contributed by atoms with Gasteiger partial charge in [0.1, 0.15) is 0 Å². The normalized spacial score (nSPS) is 14.0. The minimum Gasteiger partial charge on any atom is -0.303 e. The van der Waals surface area contributed by atoms with Crippen LogP contribution in [0.1, 0.15) is 30.5 Å². The lowest BCUT2D eigenvalue weighted by Gasteiger charge is -2.40. The first-order chi connectivity index (χ1) is 8.28. The van der Waals surface area contributed by atoms with Crippen LogP contribution in [0.2, 0.25) is 0 Å². The number of nitrogens with two attached hydrogens (primary N) is 1. The maximum absolute atomic E-state index is 5.74. The molecule has 1 aromatic carbocycles. The molecule has 1 rings (SSSR count). The second-order valence-electron chi connectivity index (χ2n) is 5.89. The second kappa shape index (κ2) is 5.83. The molecule has 0 bridgehead atoms. The molecule has 18 heavy (non-hydrogen) atoms. The van der Waals surface area contributed by atoms with Gasteiger partial charge in [-0.05, 0) is 64.9 Å². The number of hydrogen-bond donors (Lipinski definition) is 2. The molecule has 3 heteroatoms. The predicted molar refractivity (Wildman–Crippen MR) is 78.5 cm³/mol. The lowest BCUT2D eigenvalue weighted by atomic mass is 9.88. The van der Waals surface area contributed by atoms with Crippen molar-refractivity contribution in [3.05, 3.63) is 34.9 Å². The Hall–Kier alpha value is -0.900. The van der Waals surface area contributed by atoms with E-state index in [4.69, 9.17) is 5.84 Å². The first kappa shape index (κ1) is 15.2. The molecule has 1 atom stereocenters. The number of rotatable bonds is 5. The van der Waals surface area contributed by atoms with Gasteiger partial charge in [-0.2, -0.15) is 0 Å². The number of likely N-dealkylation sites (N-methyl/N-ethyl adjacent to an activating group) is 1. The molecular weight excluding hydrogens is 222 g/mol. The lowest BCUT2D eigenvalue weighted by molar-refractivity contribution is 0.137. The van der Waals surface area contributed by atoms with Crippen molar-refractivity contribution < 1.29 is 0 Å². The van der Waals surface area contributed by atoms with Crippen LogP contribution in [0.5, 0.6) is 0 Å². The molecule has 0 saturated carbocycles. The Labute approximate surface area is 111 Å². The van der Waals surface area contributed by atoms with Crippen LogP contribution in [0.3, 0.4) is 0 Å². The van der Waals surface area contributed by atoms with Crippen molar-refractivity contribution in [2.45, 2.75) is 45.7 Å². The fourth-order valence-corrected chi connectivity index (χ4v) is 1.99. The molecule has 0 aromatic heterocycles. The maximum atomic E-state index is 5.74. The molecule has 0 saturated heterocycles. The molecule has 0 amide bonds. The predicted octanol–water partition coefficient (Wildman–Crippen LogP) is 2.02. The van der Waals surface area contributed by atoms with E-state index in [-0.39, 0.29) is 11.6 Å². The number of nitrogens with zero attached hydrogens (tertiary/aromatic N) is 1. The van der Waals surface area contributed by atoms with Crippen molar-refractivity contribution in [3.63, 3.8) is 0 Å². The van der Waals surface area contributed by atoms with Gasteiger partial charge in [-0.15, -0.1) is 0 Å². The average molecular weight is 249 g/mol. The highest BCUT2D eigenvalue weighted by atomic mass is 15.3. The highest BCUT2D eigenvalue weighted by Crippen LogP contribution is 2.20. The van der Waals surface area contributed by atoms with E-state index in [1.54, 1.807) is 0 Å². The summed E-state index contributed by atoms with van der Waals surface area (Å²) in [6, 6.07) is 6.85. The minimum atomic E-state index is 0.00748. The first-order valence-electron chi connectivity index (χ1n) is 6.48. The summed E-state index contributed by atoms with van der Waals surface area (Å²) in [4.78, 5) is 2.21. The molecule has 0 heterocycles. The Morgan fingerprint density at radius 1 is 1.22 bits per heavy atom. The average Bonchev–Trinajstić information content (AvgIpc) is 2.30. The van der Waals surface area contributed by atoms with E-state index in [1.165, 1.54) is 16.7 Å². The van der Waals surface area contributed by atoms with E-state index >= 15 is 0 Å². The van der Waals surface area contributed by atoms with Gasteiger partial charge < -0.3 is 4.90 Å². The van der Waals surface area contributed by atoms with Gasteiger partial charge in [0.15, 0.2) is 0 Å². The SMILES string of the molecule is Cc1ccc(CC(NN)C(C)(C)N(C)C)cc1C. The lowest BCUT2D eigenvalue weighted by Crippen LogP contribution is -2.58. The summed E-state index contributed by atoms with van der Waals surface area (Å²) < 4.78 is 0. The van der Waals surface area contributed by atoms with Gasteiger partial charge in [0.2, 0.25) is 0 Å². The largest absolute Gasteiger partial charge is 0.303 e. The van der Waals surface area contributed by atoms with E-state index in [0.29, 0.717) is 0 Å². The Morgan fingerprint density at radius 2 is 1.83 bits per heavy atom. The minimum absolute atomic E-state index is 0.00748. The Kier molecular flexibility index (Phi) is 4.91. The molecule has 0 radical (unpaired) electrons. The number of hydrogen-bond acceptors (Lipinski definition) is 3. The molecule has 1 unspecified atom stereocenters. The maximum Gasteiger partial charge on any atom is 0.0429 e. The van der Waals surface area contributed by atoms with Crippen molar-refractivity contribution in [2.75, 3.05) is 14.1 Å². The third-order valence-electron chi connectivity index (χ3n) is 4.22. The quantitative estimate of drug-likeness (QED) is 0.619. The van der Waals surface area contributed by atoms with Crippen LogP contribution in [0, 0.1) is 13.8 Å². The molecular formula is C15H27N3. The topological polar surface area (TPSA) is 41.3 Å². The summed E-state index contributed by atoms with van der Waals surface area (Å²) in [7, 11) is 4.18. The van der Waals surface area contributed by atoms with Gasteiger partial charge in [0.05, 0.1) is 0 Å². The molecule has 3 N–H and O–H groups in total. The van der Waals surface area contributed by atoms with Crippen LogP contribution in [0.4, 0.5) is 0 Å². The van der Waals surface area contributed by atoms with Crippen LogP contribution in [0.15, 0.2) is 18.2 Å². The van der Waals surface area contributed by atoms with E-state index in [2.05, 4.69) is 70.3 Å². The van der Waals surface area contributed by atoms with Crippen LogP contribution in [-0.4, -0.2) is 30.6 Å². The molecule has 102 valence electrons. The third kappa shape index (κ3) is 3.31. The number of hydrazine groups is 1. The van der Waals surface area contributed by atoms with Gasteiger partial charge >= 0.3 is 0 Å². The first-order valence-corrected chi connectivity index (χ1v) is 6.48. The summed E-state index contributed by atoms with van der Waals surface area (Å²) >= 11 is 0. The van der Waals surface area contributed by atoms with Crippen molar-refractivity contribution in [3.8, 4) is 0 Å². The summed E-state index contributed by atoms with van der Waals surface area (Å²) in [5.41, 5.74) is 6.98. The standard InChI is InChI=1S/C15H27N3/c1-11-7-8-13(9-12(11)2)10-14(17-16)15(3,4)18(5)6/h7-9,14,17H,10,16H2,1-6H3. The van der Waals surface area contributed by atoms with Crippen LogP contribution < -0.4 is 11.3 Å². The van der Waals surface area contributed by atoms with E-state index in [9.17, 15) is 0 Å². The molecule has 3 nitrogen and oxygen atoms in total. The number of nitrogens with one attached hydrogen (secondary N) is 1. The summed E-state index contributed by atoms with van der Waals surface area (Å²) in [5, 5.41) is 0. The molecule has 0 aliphatic heterocycles. The summed E-state index contributed by atoms with van der Waals surface area (Å²) in [6.45, 7) is 8.71. The highest BCUT2D eigenvalue weighted by Gasteiger charge is 2.30. The Morgan fingerprint density at radius 3 is 2.28 bits per heavy atom. The molecule has 1 aromatic rings. The number of aryl methyl sites for hydroxylation is 2. The smallest absolute Gasteiger partial charge is 0.0429 e. The van der Waals surface area contributed by atoms with Gasteiger partial charge in [-0.1, -0.05) is 18.2 Å². The van der Waals surface area contributed by atoms with Gasteiger partial charge in [0.25, 0.3) is 0 Å². The fourth-order valence-electron chi connectivity index (χ4n) is 1.99. The highest BCUT2D eigenvalue weighted by molar-refractivity contribution is 5.30. The van der Waals surface area contributed by atoms with Crippen molar-refractivity contribution in [1.29, 1.82) is 0 Å². The molecule has 0 aliphatic carbocycles. The Bertz CT molecular complexity index is 397. The fraction of sp³-hybridized carbons (Fsp3) is 0.600. The zero-order valence-electron chi connectivity index (χ0n) is 12.5. The monoisotopic (exact) mass is 249 g/mol. The van der Waals surface area contributed by atoms with Gasteiger partial charge in [-0.3, -0.25) is 11.3 Å². The van der Waals surface area contributed by atoms with Gasteiger partial charge in [0, 0.05) is 11.6 Å². The zero-order valence-corrected chi connectivity index (χ0v) is 12.5. The van der Waals surface area contributed by atoms with Crippen molar-refractivity contribution in [1.82, 2.24) is 10.3 Å². The van der Waals surface area contributed by atoms with Gasteiger partial charge in [-0.25, -0.2) is 0 Å². The van der Waals surface area contributed by atoms with Crippen LogP contribution >= 0.6 is 0 Å². The molecule has 0 spiro atoms. The van der Waals surface area contributed by atoms with Crippen molar-refractivity contribution >= 4 is 0 Å². The zero-order chi connectivity index (χ0) is 13.9. The van der Waals surface area contributed by atoms with E-state index in [0.717, 1.165) is 6.42 Å². The van der Waals surface area contributed by atoms with E-state index in [1.807, 2.05) is 0 Å². The molecule has 0 aliphatic rings. The van der Waals surface area contributed by atoms with E-state index < -0.39 is 0 Å². The Balaban J connectivity index is 2.89. The third-order valence-corrected chi connectivity index (χ3v) is 4.22.